The molecule has 6 heteroatoms. The number of benzene rings is 2. The number of nitrogens with one attached hydrogen (secondary N) is 3. The lowest BCUT2D eigenvalue weighted by molar-refractivity contribution is -0.116. The molecule has 21 heavy (non-hydrogen) atoms. The first-order valence-corrected chi connectivity index (χ1v) is 6.51. The number of anilines is 2. The first-order valence-electron chi connectivity index (χ1n) is 6.51. The van der Waals surface area contributed by atoms with E-state index < -0.39 is 6.04 Å². The maximum absolute atomic E-state index is 13.4. The van der Waals surface area contributed by atoms with Crippen molar-refractivity contribution in [3.8, 4) is 0 Å². The fourth-order valence-corrected chi connectivity index (χ4v) is 2.57. The highest BCUT2D eigenvalue weighted by Gasteiger charge is 2.30. The Morgan fingerprint density at radius 1 is 1.19 bits per heavy atom. The van der Waals surface area contributed by atoms with E-state index in [0.29, 0.717) is 11.3 Å². The zero-order valence-corrected chi connectivity index (χ0v) is 10.9. The van der Waals surface area contributed by atoms with Crippen molar-refractivity contribution in [3.63, 3.8) is 0 Å². The number of carbonyl (C=O) groups is 1. The summed E-state index contributed by atoms with van der Waals surface area (Å²) in [5.41, 5.74) is 2.96. The normalized spacial score (nSPS) is 16.8. The first kappa shape index (κ1) is 11.9. The number of aromatic nitrogens is 2. The molecule has 0 aliphatic carbocycles. The molecule has 5 nitrogen and oxygen atoms in total. The monoisotopic (exact) mass is 282 g/mol. The van der Waals surface area contributed by atoms with Crippen molar-refractivity contribution in [2.24, 2.45) is 0 Å². The summed E-state index contributed by atoms with van der Waals surface area (Å²) >= 11 is 0. The van der Waals surface area contributed by atoms with Crippen LogP contribution in [-0.2, 0) is 4.79 Å². The van der Waals surface area contributed by atoms with Crippen molar-refractivity contribution in [1.82, 2.24) is 10.2 Å². The van der Waals surface area contributed by atoms with Gasteiger partial charge in [-0.05, 0) is 36.4 Å². The van der Waals surface area contributed by atoms with Gasteiger partial charge in [-0.1, -0.05) is 0 Å². The predicted molar refractivity (Wildman–Crippen MR) is 77.5 cm³/mol. The molecule has 1 aliphatic heterocycles. The number of fused-ring (bicyclic) bond motifs is 2. The molecule has 0 saturated heterocycles. The summed E-state index contributed by atoms with van der Waals surface area (Å²) in [4.78, 5) is 12.0. The Bertz CT molecular complexity index is 858. The number of hydrogen-bond acceptors (Lipinski definition) is 3. The van der Waals surface area contributed by atoms with E-state index in [4.69, 9.17) is 0 Å². The van der Waals surface area contributed by atoms with Gasteiger partial charge in [-0.15, -0.1) is 0 Å². The molecular formula is C15H11FN4O. The van der Waals surface area contributed by atoms with Crippen LogP contribution in [0.25, 0.3) is 10.9 Å². The van der Waals surface area contributed by atoms with Crippen LogP contribution in [0.1, 0.15) is 11.6 Å². The third kappa shape index (κ3) is 1.92. The molecule has 0 radical (unpaired) electrons. The summed E-state index contributed by atoms with van der Waals surface area (Å²) in [7, 11) is 0. The van der Waals surface area contributed by atoms with Gasteiger partial charge in [0.2, 0.25) is 0 Å². The average molecular weight is 282 g/mol. The number of carbonyl (C=O) groups excluding carboxylic acids is 1. The lowest BCUT2D eigenvalue weighted by Gasteiger charge is -2.13. The zero-order chi connectivity index (χ0) is 14.4. The maximum Gasteiger partial charge on any atom is 0.251 e. The van der Waals surface area contributed by atoms with Gasteiger partial charge in [0.15, 0.2) is 0 Å². The molecule has 0 saturated carbocycles. The third-order valence-corrected chi connectivity index (χ3v) is 3.60. The number of nitrogens with zero attached hydrogens (tertiary/aromatic N) is 1. The molecule has 1 amide bonds. The van der Waals surface area contributed by atoms with Gasteiger partial charge in [0, 0.05) is 22.3 Å². The van der Waals surface area contributed by atoms with E-state index >= 15 is 0 Å². The van der Waals surface area contributed by atoms with Crippen LogP contribution in [0.2, 0.25) is 0 Å². The predicted octanol–water partition coefficient (Wildman–Crippen LogP) is 2.81. The Kier molecular flexibility index (Phi) is 2.44. The molecule has 2 aromatic carbocycles. The average Bonchev–Trinajstić information content (AvgIpc) is 3.04. The second kappa shape index (κ2) is 4.31. The molecule has 0 fully saturated rings. The first-order chi connectivity index (χ1) is 10.2. The molecular weight excluding hydrogens is 271 g/mol. The van der Waals surface area contributed by atoms with E-state index in [2.05, 4.69) is 20.8 Å². The van der Waals surface area contributed by atoms with Crippen molar-refractivity contribution in [2.75, 3.05) is 10.6 Å². The van der Waals surface area contributed by atoms with E-state index in [9.17, 15) is 9.18 Å². The van der Waals surface area contributed by atoms with Gasteiger partial charge < -0.3 is 10.6 Å². The van der Waals surface area contributed by atoms with Crippen molar-refractivity contribution >= 4 is 28.2 Å². The van der Waals surface area contributed by atoms with Gasteiger partial charge >= 0.3 is 0 Å². The molecule has 0 bridgehead atoms. The largest absolute Gasteiger partial charge is 0.370 e. The van der Waals surface area contributed by atoms with Crippen LogP contribution in [0.4, 0.5) is 15.8 Å². The highest BCUT2D eigenvalue weighted by atomic mass is 19.1. The fraction of sp³-hybridized carbons (Fsp3) is 0.0667. The Morgan fingerprint density at radius 2 is 2.10 bits per heavy atom. The summed E-state index contributed by atoms with van der Waals surface area (Å²) in [5, 5.41) is 13.6. The lowest BCUT2D eigenvalue weighted by atomic mass is 10.1. The number of amides is 1. The minimum atomic E-state index is -0.597. The molecule has 3 aromatic rings. The van der Waals surface area contributed by atoms with E-state index in [1.165, 1.54) is 12.1 Å². The molecule has 0 spiro atoms. The molecule has 2 heterocycles. The minimum Gasteiger partial charge on any atom is -0.370 e. The molecule has 1 atom stereocenters. The van der Waals surface area contributed by atoms with Crippen LogP contribution in [-0.4, -0.2) is 16.1 Å². The van der Waals surface area contributed by atoms with Gasteiger partial charge in [-0.25, -0.2) is 4.39 Å². The van der Waals surface area contributed by atoms with E-state index in [1.54, 1.807) is 12.3 Å². The standard InChI is InChI=1S/C15H11FN4O/c16-9-1-3-13-11(6-9)14(15(21)19-13)18-10-2-4-12-8(5-10)7-17-20-12/h1-7,14,18H,(H,17,20)(H,19,21). The number of rotatable bonds is 2. The zero-order valence-electron chi connectivity index (χ0n) is 10.9. The summed E-state index contributed by atoms with van der Waals surface area (Å²) < 4.78 is 13.4. The third-order valence-electron chi connectivity index (χ3n) is 3.60. The van der Waals surface area contributed by atoms with Gasteiger partial charge in [-0.2, -0.15) is 5.10 Å². The molecule has 1 aromatic heterocycles. The summed E-state index contributed by atoms with van der Waals surface area (Å²) in [6.07, 6.45) is 1.71. The number of halogens is 1. The SMILES string of the molecule is O=C1Nc2ccc(F)cc2C1Nc1ccc2[nH]ncc2c1. The molecule has 4 rings (SSSR count). The van der Waals surface area contributed by atoms with Crippen molar-refractivity contribution in [1.29, 1.82) is 0 Å². The Hall–Kier alpha value is -2.89. The van der Waals surface area contributed by atoms with Gasteiger partial charge in [-0.3, -0.25) is 9.89 Å². The smallest absolute Gasteiger partial charge is 0.251 e. The Morgan fingerprint density at radius 3 is 3.00 bits per heavy atom. The van der Waals surface area contributed by atoms with Crippen LogP contribution in [0.15, 0.2) is 42.6 Å². The highest BCUT2D eigenvalue weighted by molar-refractivity contribution is 6.04. The fourth-order valence-electron chi connectivity index (χ4n) is 2.57. The van der Waals surface area contributed by atoms with Gasteiger partial charge in [0.05, 0.1) is 11.7 Å². The molecule has 1 unspecified atom stereocenters. The maximum atomic E-state index is 13.4. The Balaban J connectivity index is 1.70. The molecule has 3 N–H and O–H groups in total. The van der Waals surface area contributed by atoms with Crippen LogP contribution in [0.3, 0.4) is 0 Å². The quantitative estimate of drug-likeness (QED) is 0.677. The second-order valence-electron chi connectivity index (χ2n) is 4.97. The van der Waals surface area contributed by atoms with Crippen molar-refractivity contribution in [3.05, 3.63) is 54.0 Å². The second-order valence-corrected chi connectivity index (χ2v) is 4.97. The molecule has 104 valence electrons. The van der Waals surface area contributed by atoms with Crippen LogP contribution in [0.5, 0.6) is 0 Å². The van der Waals surface area contributed by atoms with Gasteiger partial charge in [0.25, 0.3) is 5.91 Å². The van der Waals surface area contributed by atoms with Crippen LogP contribution >= 0.6 is 0 Å². The van der Waals surface area contributed by atoms with E-state index in [-0.39, 0.29) is 11.7 Å². The summed E-state index contributed by atoms with van der Waals surface area (Å²) in [5.74, 6) is -0.551. The highest BCUT2D eigenvalue weighted by Crippen LogP contribution is 2.34. The minimum absolute atomic E-state index is 0.192. The number of H-pyrrole nitrogens is 1. The summed E-state index contributed by atoms with van der Waals surface area (Å²) in [6, 6.07) is 9.31. The van der Waals surface area contributed by atoms with E-state index in [1.807, 2.05) is 18.2 Å². The van der Waals surface area contributed by atoms with Crippen molar-refractivity contribution < 1.29 is 9.18 Å². The van der Waals surface area contributed by atoms with Crippen LogP contribution in [0, 0.1) is 5.82 Å². The summed E-state index contributed by atoms with van der Waals surface area (Å²) in [6.45, 7) is 0. The topological polar surface area (TPSA) is 69.8 Å². The molecule has 1 aliphatic rings. The van der Waals surface area contributed by atoms with Gasteiger partial charge in [0.1, 0.15) is 11.9 Å². The number of aromatic amines is 1. The van der Waals surface area contributed by atoms with Crippen molar-refractivity contribution in [2.45, 2.75) is 6.04 Å². The Labute approximate surface area is 119 Å². The van der Waals surface area contributed by atoms with Crippen LogP contribution < -0.4 is 10.6 Å². The van der Waals surface area contributed by atoms with E-state index in [0.717, 1.165) is 16.6 Å². The number of hydrogen-bond donors (Lipinski definition) is 3. The lowest BCUT2D eigenvalue weighted by Crippen LogP contribution is -2.19.